The fourth-order valence-corrected chi connectivity index (χ4v) is 4.14. The SMILES string of the molecule is Fc1ccc(-c2nc(-c3cc4cc(Br)cn4cn3)n(Cc3cn4ccccc4n3)n2)cc1. The van der Waals surface area contributed by atoms with Crippen LogP contribution in [0.1, 0.15) is 5.69 Å². The van der Waals surface area contributed by atoms with Gasteiger partial charge in [0, 0.05) is 34.1 Å². The van der Waals surface area contributed by atoms with Gasteiger partial charge in [0.05, 0.1) is 18.6 Å². The molecule has 0 fully saturated rings. The molecule has 1 aromatic carbocycles. The summed E-state index contributed by atoms with van der Waals surface area (Å²) in [6.07, 6.45) is 7.62. The number of aromatic nitrogens is 7. The Morgan fingerprint density at radius 2 is 1.81 bits per heavy atom. The molecule has 7 nitrogen and oxygen atoms in total. The molecule has 6 rings (SSSR count). The van der Waals surface area contributed by atoms with E-state index in [9.17, 15) is 4.39 Å². The first-order valence-electron chi connectivity index (χ1n) is 9.89. The maximum absolute atomic E-state index is 13.4. The zero-order valence-corrected chi connectivity index (χ0v) is 18.2. The maximum Gasteiger partial charge on any atom is 0.181 e. The molecule has 0 saturated heterocycles. The summed E-state index contributed by atoms with van der Waals surface area (Å²) in [5, 5.41) is 4.72. The number of imidazole rings is 1. The molecule has 0 atom stereocenters. The highest BCUT2D eigenvalue weighted by Crippen LogP contribution is 2.25. The number of halogens is 2. The number of nitrogens with zero attached hydrogens (tertiary/aromatic N) is 7. The van der Waals surface area contributed by atoms with Crippen molar-refractivity contribution >= 4 is 27.1 Å². The molecule has 0 bridgehead atoms. The van der Waals surface area contributed by atoms with E-state index in [1.807, 2.05) is 57.7 Å². The lowest BCUT2D eigenvalue weighted by atomic mass is 10.2. The number of pyridine rings is 1. The molecule has 0 saturated carbocycles. The van der Waals surface area contributed by atoms with Gasteiger partial charge < -0.3 is 8.80 Å². The van der Waals surface area contributed by atoms with Crippen LogP contribution in [0.5, 0.6) is 0 Å². The van der Waals surface area contributed by atoms with Crippen LogP contribution in [-0.2, 0) is 6.54 Å². The number of hydrogen-bond donors (Lipinski definition) is 0. The monoisotopic (exact) mass is 487 g/mol. The van der Waals surface area contributed by atoms with Crippen LogP contribution in [0.4, 0.5) is 4.39 Å². The summed E-state index contributed by atoms with van der Waals surface area (Å²) in [6.45, 7) is 0.419. The summed E-state index contributed by atoms with van der Waals surface area (Å²) in [4.78, 5) is 14.0. The minimum atomic E-state index is -0.302. The van der Waals surface area contributed by atoms with E-state index >= 15 is 0 Å². The molecular weight excluding hydrogens is 473 g/mol. The van der Waals surface area contributed by atoms with Gasteiger partial charge >= 0.3 is 0 Å². The van der Waals surface area contributed by atoms with Gasteiger partial charge in [0.2, 0.25) is 0 Å². The lowest BCUT2D eigenvalue weighted by Gasteiger charge is -2.04. The molecule has 32 heavy (non-hydrogen) atoms. The highest BCUT2D eigenvalue weighted by atomic mass is 79.9. The summed E-state index contributed by atoms with van der Waals surface area (Å²) in [6, 6.07) is 16.0. The Morgan fingerprint density at radius 3 is 2.66 bits per heavy atom. The fourth-order valence-electron chi connectivity index (χ4n) is 3.68. The number of benzene rings is 1. The molecule has 0 spiro atoms. The van der Waals surface area contributed by atoms with Gasteiger partial charge in [0.15, 0.2) is 11.6 Å². The third-order valence-electron chi connectivity index (χ3n) is 5.18. The molecule has 0 aliphatic rings. The van der Waals surface area contributed by atoms with Gasteiger partial charge in [-0.1, -0.05) is 6.07 Å². The second-order valence-corrected chi connectivity index (χ2v) is 8.30. The summed E-state index contributed by atoms with van der Waals surface area (Å²) in [7, 11) is 0. The molecule has 156 valence electrons. The van der Waals surface area contributed by atoms with Crippen molar-refractivity contribution in [3.63, 3.8) is 0 Å². The molecule has 0 unspecified atom stereocenters. The summed E-state index contributed by atoms with van der Waals surface area (Å²) >= 11 is 3.50. The van der Waals surface area contributed by atoms with Crippen LogP contribution >= 0.6 is 15.9 Å². The van der Waals surface area contributed by atoms with Gasteiger partial charge in [-0.15, -0.1) is 5.10 Å². The third-order valence-corrected chi connectivity index (χ3v) is 5.61. The van der Waals surface area contributed by atoms with E-state index in [0.29, 0.717) is 23.9 Å². The highest BCUT2D eigenvalue weighted by molar-refractivity contribution is 9.10. The van der Waals surface area contributed by atoms with Crippen molar-refractivity contribution in [2.24, 2.45) is 0 Å². The molecular formula is C23H15BrFN7. The van der Waals surface area contributed by atoms with E-state index in [2.05, 4.69) is 25.9 Å². The third kappa shape index (κ3) is 3.36. The van der Waals surface area contributed by atoms with Crippen LogP contribution in [0, 0.1) is 5.82 Å². The molecule has 9 heteroatoms. The van der Waals surface area contributed by atoms with E-state index < -0.39 is 0 Å². The van der Waals surface area contributed by atoms with Crippen molar-refractivity contribution in [2.75, 3.05) is 0 Å². The molecule has 5 aromatic heterocycles. The first kappa shape index (κ1) is 18.9. The van der Waals surface area contributed by atoms with E-state index in [1.165, 1.54) is 12.1 Å². The fraction of sp³-hybridized carbons (Fsp3) is 0.0435. The van der Waals surface area contributed by atoms with Crippen molar-refractivity contribution in [1.29, 1.82) is 0 Å². The zero-order valence-electron chi connectivity index (χ0n) is 16.6. The van der Waals surface area contributed by atoms with E-state index in [1.54, 1.807) is 23.1 Å². The Balaban J connectivity index is 1.47. The molecule has 0 N–H and O–H groups in total. The van der Waals surface area contributed by atoms with Crippen molar-refractivity contribution < 1.29 is 4.39 Å². The first-order valence-corrected chi connectivity index (χ1v) is 10.7. The van der Waals surface area contributed by atoms with Crippen molar-refractivity contribution in [2.45, 2.75) is 6.54 Å². The summed E-state index contributed by atoms with van der Waals surface area (Å²) < 4.78 is 20.1. The predicted octanol–water partition coefficient (Wildman–Crippen LogP) is 4.86. The smallest absolute Gasteiger partial charge is 0.181 e. The predicted molar refractivity (Wildman–Crippen MR) is 122 cm³/mol. The molecule has 6 aromatic rings. The minimum Gasteiger partial charge on any atom is -0.307 e. The Kier molecular flexibility index (Phi) is 4.36. The van der Waals surface area contributed by atoms with Crippen molar-refractivity contribution in [3.05, 3.63) is 95.5 Å². The number of rotatable bonds is 4. The molecule has 0 aliphatic carbocycles. The van der Waals surface area contributed by atoms with Crippen LogP contribution in [0.15, 0.2) is 84.0 Å². The second kappa shape index (κ2) is 7.38. The minimum absolute atomic E-state index is 0.302. The van der Waals surface area contributed by atoms with Crippen LogP contribution in [0.25, 0.3) is 34.1 Å². The largest absolute Gasteiger partial charge is 0.307 e. The van der Waals surface area contributed by atoms with Crippen LogP contribution < -0.4 is 0 Å². The average Bonchev–Trinajstić information content (AvgIpc) is 3.49. The second-order valence-electron chi connectivity index (χ2n) is 7.39. The maximum atomic E-state index is 13.4. The molecule has 0 amide bonds. The number of fused-ring (bicyclic) bond motifs is 2. The van der Waals surface area contributed by atoms with Gasteiger partial charge in [-0.25, -0.2) is 24.0 Å². The van der Waals surface area contributed by atoms with Crippen LogP contribution in [-0.4, -0.2) is 33.5 Å². The Hall–Kier alpha value is -3.85. The van der Waals surface area contributed by atoms with Gasteiger partial charge in [0.1, 0.15) is 17.2 Å². The van der Waals surface area contributed by atoms with Crippen LogP contribution in [0.3, 0.4) is 0 Å². The van der Waals surface area contributed by atoms with Gasteiger partial charge in [0.25, 0.3) is 0 Å². The highest BCUT2D eigenvalue weighted by Gasteiger charge is 2.17. The summed E-state index contributed by atoms with van der Waals surface area (Å²) in [5.74, 6) is 0.812. The standard InChI is InChI=1S/C23H15BrFN7/c24-16-9-19-10-20(26-14-31(19)11-16)23-28-22(15-4-6-17(25)7-5-15)29-32(23)13-18-12-30-8-2-1-3-21(30)27-18/h1-12,14H,13H2. The van der Waals surface area contributed by atoms with Crippen molar-refractivity contribution in [3.8, 4) is 22.9 Å². The van der Waals surface area contributed by atoms with E-state index in [0.717, 1.165) is 26.9 Å². The molecule has 0 aliphatic heterocycles. The van der Waals surface area contributed by atoms with Gasteiger partial charge in [-0.3, -0.25) is 0 Å². The van der Waals surface area contributed by atoms with Crippen molar-refractivity contribution in [1.82, 2.24) is 33.5 Å². The average molecular weight is 488 g/mol. The lowest BCUT2D eigenvalue weighted by Crippen LogP contribution is -2.05. The zero-order chi connectivity index (χ0) is 21.7. The Morgan fingerprint density at radius 1 is 0.938 bits per heavy atom. The Bertz CT molecular complexity index is 1550. The first-order chi connectivity index (χ1) is 15.6. The van der Waals surface area contributed by atoms with E-state index in [4.69, 9.17) is 10.1 Å². The van der Waals surface area contributed by atoms with E-state index in [-0.39, 0.29) is 5.82 Å². The van der Waals surface area contributed by atoms with Gasteiger partial charge in [-0.2, -0.15) is 0 Å². The summed E-state index contributed by atoms with van der Waals surface area (Å²) in [5.41, 5.74) is 4.10. The molecule has 0 radical (unpaired) electrons. The topological polar surface area (TPSA) is 65.3 Å². The quantitative estimate of drug-likeness (QED) is 0.356. The lowest BCUT2D eigenvalue weighted by molar-refractivity contribution is 0.628. The normalized spacial score (nSPS) is 11.6. The molecule has 5 heterocycles. The number of hydrogen-bond acceptors (Lipinski definition) is 4. The Labute approximate surface area is 190 Å². The van der Waals surface area contributed by atoms with Crippen LogP contribution in [0.2, 0.25) is 0 Å². The van der Waals surface area contributed by atoms with Gasteiger partial charge in [-0.05, 0) is 64.5 Å².